The molecule has 17 heavy (non-hydrogen) atoms. The Kier molecular flexibility index (Phi) is 3.89. The van der Waals surface area contributed by atoms with E-state index in [1.54, 1.807) is 14.2 Å². The van der Waals surface area contributed by atoms with Gasteiger partial charge in [-0.05, 0) is 43.5 Å². The van der Waals surface area contributed by atoms with Crippen LogP contribution in [0.1, 0.15) is 36.9 Å². The second-order valence-electron chi connectivity index (χ2n) is 4.41. The number of methoxy groups -OCH3 is 2. The highest BCUT2D eigenvalue weighted by molar-refractivity contribution is 5.48. The molecule has 1 aromatic carbocycles. The van der Waals surface area contributed by atoms with Gasteiger partial charge in [0.05, 0.1) is 14.2 Å². The number of aryl methyl sites for hydroxylation is 1. The molecule has 1 fully saturated rings. The van der Waals surface area contributed by atoms with Crippen LogP contribution in [0.4, 0.5) is 0 Å². The van der Waals surface area contributed by atoms with E-state index < -0.39 is 0 Å². The van der Waals surface area contributed by atoms with E-state index in [1.165, 1.54) is 24.0 Å². The van der Waals surface area contributed by atoms with Crippen molar-refractivity contribution in [3.05, 3.63) is 23.3 Å². The van der Waals surface area contributed by atoms with Crippen LogP contribution in [-0.2, 0) is 6.42 Å². The first-order valence-corrected chi connectivity index (χ1v) is 6.28. The predicted octanol–water partition coefficient (Wildman–Crippen LogP) is 2.69. The summed E-state index contributed by atoms with van der Waals surface area (Å²) in [5, 5.41) is 3.50. The topological polar surface area (TPSA) is 30.5 Å². The Hall–Kier alpha value is -1.22. The van der Waals surface area contributed by atoms with Crippen LogP contribution in [0.25, 0.3) is 0 Å². The average Bonchev–Trinajstić information content (AvgIpc) is 2.90. The van der Waals surface area contributed by atoms with Gasteiger partial charge in [0.25, 0.3) is 0 Å². The number of nitrogens with one attached hydrogen (secondary N) is 1. The van der Waals surface area contributed by atoms with Gasteiger partial charge in [-0.2, -0.15) is 0 Å². The lowest BCUT2D eigenvalue weighted by molar-refractivity contribution is 0.390. The van der Waals surface area contributed by atoms with Crippen LogP contribution >= 0.6 is 0 Å². The van der Waals surface area contributed by atoms with Crippen molar-refractivity contribution >= 4 is 0 Å². The van der Waals surface area contributed by atoms with E-state index >= 15 is 0 Å². The molecule has 2 rings (SSSR count). The van der Waals surface area contributed by atoms with Gasteiger partial charge in [-0.15, -0.1) is 0 Å². The fourth-order valence-electron chi connectivity index (χ4n) is 2.48. The molecule has 0 saturated carbocycles. The maximum Gasteiger partial charge on any atom is 0.124 e. The zero-order chi connectivity index (χ0) is 12.3. The van der Waals surface area contributed by atoms with E-state index in [9.17, 15) is 0 Å². The van der Waals surface area contributed by atoms with Crippen molar-refractivity contribution in [3.63, 3.8) is 0 Å². The zero-order valence-electron chi connectivity index (χ0n) is 10.9. The molecule has 1 unspecified atom stereocenters. The number of hydrogen-bond acceptors (Lipinski definition) is 3. The summed E-state index contributed by atoms with van der Waals surface area (Å²) in [6, 6.07) is 4.64. The van der Waals surface area contributed by atoms with Crippen molar-refractivity contribution in [2.75, 3.05) is 20.8 Å². The Morgan fingerprint density at radius 1 is 1.24 bits per heavy atom. The van der Waals surface area contributed by atoms with E-state index in [1.807, 2.05) is 0 Å². The van der Waals surface area contributed by atoms with Crippen molar-refractivity contribution in [1.82, 2.24) is 5.32 Å². The van der Waals surface area contributed by atoms with Gasteiger partial charge in [-0.1, -0.05) is 6.92 Å². The Bertz CT molecular complexity index is 384. The van der Waals surface area contributed by atoms with Crippen LogP contribution in [0.2, 0.25) is 0 Å². The predicted molar refractivity (Wildman–Crippen MR) is 68.9 cm³/mol. The Morgan fingerprint density at radius 3 is 2.53 bits per heavy atom. The van der Waals surface area contributed by atoms with Crippen LogP contribution in [0, 0.1) is 0 Å². The van der Waals surface area contributed by atoms with Crippen molar-refractivity contribution in [1.29, 1.82) is 0 Å². The third-order valence-corrected chi connectivity index (χ3v) is 3.45. The lowest BCUT2D eigenvalue weighted by Gasteiger charge is -2.18. The number of hydrogen-bond donors (Lipinski definition) is 1. The van der Waals surface area contributed by atoms with Gasteiger partial charge < -0.3 is 14.8 Å². The molecular weight excluding hydrogens is 214 g/mol. The Morgan fingerprint density at radius 2 is 2.00 bits per heavy atom. The summed E-state index contributed by atoms with van der Waals surface area (Å²) in [4.78, 5) is 0. The normalized spacial score (nSPS) is 19.4. The highest BCUT2D eigenvalue weighted by atomic mass is 16.5. The molecule has 1 N–H and O–H groups in total. The lowest BCUT2D eigenvalue weighted by atomic mass is 10.00. The molecule has 0 spiro atoms. The minimum Gasteiger partial charge on any atom is -0.496 e. The van der Waals surface area contributed by atoms with Gasteiger partial charge in [0.1, 0.15) is 11.5 Å². The van der Waals surface area contributed by atoms with Gasteiger partial charge in [0.15, 0.2) is 0 Å². The highest BCUT2D eigenvalue weighted by Crippen LogP contribution is 2.36. The molecule has 0 aromatic heterocycles. The van der Waals surface area contributed by atoms with Crippen molar-refractivity contribution < 1.29 is 9.47 Å². The van der Waals surface area contributed by atoms with Crippen LogP contribution in [0.15, 0.2) is 12.1 Å². The third kappa shape index (κ3) is 2.39. The summed E-state index contributed by atoms with van der Waals surface area (Å²) >= 11 is 0. The number of rotatable bonds is 4. The fourth-order valence-corrected chi connectivity index (χ4v) is 2.48. The largest absolute Gasteiger partial charge is 0.496 e. The standard InChI is InChI=1S/C14H21NO2/c1-4-10-8-14(17-3)11(9-13(10)16-2)12-6-5-7-15-12/h8-9,12,15H,4-7H2,1-3H3. The van der Waals surface area contributed by atoms with E-state index in [0.29, 0.717) is 6.04 Å². The molecule has 1 heterocycles. The van der Waals surface area contributed by atoms with Gasteiger partial charge in [-0.25, -0.2) is 0 Å². The lowest BCUT2D eigenvalue weighted by Crippen LogP contribution is -2.14. The van der Waals surface area contributed by atoms with Gasteiger partial charge >= 0.3 is 0 Å². The minimum absolute atomic E-state index is 0.407. The second-order valence-corrected chi connectivity index (χ2v) is 4.41. The molecular formula is C14H21NO2. The number of ether oxygens (including phenoxy) is 2. The molecule has 3 heteroatoms. The van der Waals surface area contributed by atoms with Gasteiger partial charge in [-0.3, -0.25) is 0 Å². The molecule has 0 amide bonds. The van der Waals surface area contributed by atoms with Crippen LogP contribution < -0.4 is 14.8 Å². The molecule has 0 bridgehead atoms. The summed E-state index contributed by atoms with van der Waals surface area (Å²) in [5.41, 5.74) is 2.42. The summed E-state index contributed by atoms with van der Waals surface area (Å²) in [5.74, 6) is 1.94. The van der Waals surface area contributed by atoms with E-state index in [4.69, 9.17) is 9.47 Å². The van der Waals surface area contributed by atoms with E-state index in [-0.39, 0.29) is 0 Å². The molecule has 0 radical (unpaired) electrons. The summed E-state index contributed by atoms with van der Waals surface area (Å²) in [6.07, 6.45) is 3.36. The molecule has 1 aliphatic heterocycles. The summed E-state index contributed by atoms with van der Waals surface area (Å²) in [6.45, 7) is 3.22. The van der Waals surface area contributed by atoms with E-state index in [0.717, 1.165) is 24.5 Å². The first-order valence-electron chi connectivity index (χ1n) is 6.28. The average molecular weight is 235 g/mol. The maximum absolute atomic E-state index is 5.50. The second kappa shape index (κ2) is 5.41. The van der Waals surface area contributed by atoms with Crippen LogP contribution in [0.3, 0.4) is 0 Å². The first kappa shape index (κ1) is 12.2. The highest BCUT2D eigenvalue weighted by Gasteiger charge is 2.21. The monoisotopic (exact) mass is 235 g/mol. The van der Waals surface area contributed by atoms with Crippen molar-refractivity contribution in [3.8, 4) is 11.5 Å². The number of benzene rings is 1. The summed E-state index contributed by atoms with van der Waals surface area (Å²) in [7, 11) is 3.46. The van der Waals surface area contributed by atoms with Crippen molar-refractivity contribution in [2.45, 2.75) is 32.2 Å². The van der Waals surface area contributed by atoms with E-state index in [2.05, 4.69) is 24.4 Å². The maximum atomic E-state index is 5.50. The molecule has 1 aliphatic rings. The van der Waals surface area contributed by atoms with Gasteiger partial charge in [0.2, 0.25) is 0 Å². The molecule has 1 aromatic rings. The molecule has 1 atom stereocenters. The minimum atomic E-state index is 0.407. The summed E-state index contributed by atoms with van der Waals surface area (Å²) < 4.78 is 11.0. The SMILES string of the molecule is CCc1cc(OC)c(C2CCCN2)cc1OC. The molecule has 1 saturated heterocycles. The van der Waals surface area contributed by atoms with Crippen LogP contribution in [-0.4, -0.2) is 20.8 Å². The molecule has 94 valence electrons. The van der Waals surface area contributed by atoms with Crippen molar-refractivity contribution in [2.24, 2.45) is 0 Å². The zero-order valence-corrected chi connectivity index (χ0v) is 10.9. The Labute approximate surface area is 103 Å². The third-order valence-electron chi connectivity index (χ3n) is 3.45. The van der Waals surface area contributed by atoms with Crippen LogP contribution in [0.5, 0.6) is 11.5 Å². The first-order chi connectivity index (χ1) is 8.30. The smallest absolute Gasteiger partial charge is 0.124 e. The fraction of sp³-hybridized carbons (Fsp3) is 0.571. The molecule has 3 nitrogen and oxygen atoms in total. The Balaban J connectivity index is 2.41. The quantitative estimate of drug-likeness (QED) is 0.870. The molecule has 0 aliphatic carbocycles. The van der Waals surface area contributed by atoms with Gasteiger partial charge in [0, 0.05) is 11.6 Å².